The molecule has 0 saturated carbocycles. The van der Waals surface area contributed by atoms with Crippen LogP contribution in [0, 0.1) is 20.8 Å². The molecule has 0 atom stereocenters. The van der Waals surface area contributed by atoms with Crippen LogP contribution in [0.1, 0.15) is 46.3 Å². The van der Waals surface area contributed by atoms with Gasteiger partial charge in [-0.05, 0) is 46.2 Å². The second-order valence-corrected chi connectivity index (χ2v) is 8.92. The summed E-state index contributed by atoms with van der Waals surface area (Å²) in [6, 6.07) is 3.65. The highest BCUT2D eigenvalue weighted by Crippen LogP contribution is 2.30. The number of hydrogen-bond donors (Lipinski definition) is 3. The van der Waals surface area contributed by atoms with Gasteiger partial charge in [-0.2, -0.15) is 5.10 Å². The maximum atomic E-state index is 12.7. The fraction of sp³-hybridized carbons (Fsp3) is 0.273. The van der Waals surface area contributed by atoms with Crippen molar-refractivity contribution in [1.29, 1.82) is 0 Å². The monoisotopic (exact) mass is 451 g/mol. The molecular formula is C22H25N7O2S. The summed E-state index contributed by atoms with van der Waals surface area (Å²) in [5, 5.41) is 25.5. The van der Waals surface area contributed by atoms with E-state index in [0.717, 1.165) is 16.8 Å². The van der Waals surface area contributed by atoms with E-state index in [1.165, 1.54) is 17.5 Å². The summed E-state index contributed by atoms with van der Waals surface area (Å²) in [5.74, 6) is 0.515. The van der Waals surface area contributed by atoms with Gasteiger partial charge in [0.1, 0.15) is 16.3 Å². The minimum absolute atomic E-state index is 0.141. The molecule has 0 aliphatic rings. The Labute approximate surface area is 189 Å². The van der Waals surface area contributed by atoms with Crippen molar-refractivity contribution in [2.24, 2.45) is 0 Å². The molecule has 0 fully saturated rings. The van der Waals surface area contributed by atoms with Crippen LogP contribution in [0.3, 0.4) is 0 Å². The van der Waals surface area contributed by atoms with Crippen LogP contribution >= 0.6 is 11.3 Å². The summed E-state index contributed by atoms with van der Waals surface area (Å²) in [6.45, 7) is 9.73. The SMILES string of the molecule is Cc1cn(-c2cnn(C(C)C)c2)nc1Nc1ncc(C(=O)Nc2c(C)ccc(O)c2C)s1. The molecule has 166 valence electrons. The van der Waals surface area contributed by atoms with E-state index in [1.807, 2.05) is 30.9 Å². The summed E-state index contributed by atoms with van der Waals surface area (Å²) in [6.07, 6.45) is 7.15. The van der Waals surface area contributed by atoms with E-state index in [0.29, 0.717) is 27.1 Å². The summed E-state index contributed by atoms with van der Waals surface area (Å²) >= 11 is 1.23. The number of aryl methyl sites for hydroxylation is 2. The van der Waals surface area contributed by atoms with Crippen molar-refractivity contribution in [1.82, 2.24) is 24.5 Å². The van der Waals surface area contributed by atoms with Crippen LogP contribution in [0.15, 0.2) is 36.9 Å². The number of amides is 1. The number of carbonyl (C=O) groups is 1. The first kappa shape index (κ1) is 21.6. The van der Waals surface area contributed by atoms with E-state index < -0.39 is 0 Å². The summed E-state index contributed by atoms with van der Waals surface area (Å²) in [4.78, 5) is 17.5. The number of phenolic OH excluding ortho intramolecular Hbond substituents is 1. The topological polar surface area (TPSA) is 110 Å². The number of hydrogen-bond acceptors (Lipinski definition) is 7. The molecule has 32 heavy (non-hydrogen) atoms. The first-order valence-electron chi connectivity index (χ1n) is 10.2. The molecule has 3 N–H and O–H groups in total. The van der Waals surface area contributed by atoms with Crippen LogP contribution in [0.5, 0.6) is 5.75 Å². The van der Waals surface area contributed by atoms with Crippen molar-refractivity contribution >= 4 is 33.9 Å². The molecule has 0 aliphatic carbocycles. The predicted molar refractivity (Wildman–Crippen MR) is 125 cm³/mol. The number of anilines is 3. The Morgan fingerprint density at radius 1 is 1.12 bits per heavy atom. The van der Waals surface area contributed by atoms with Crippen LogP contribution in [-0.2, 0) is 0 Å². The van der Waals surface area contributed by atoms with E-state index >= 15 is 0 Å². The van der Waals surface area contributed by atoms with Crippen molar-refractivity contribution in [3.05, 3.63) is 58.5 Å². The first-order chi connectivity index (χ1) is 15.2. The fourth-order valence-corrected chi connectivity index (χ4v) is 3.90. The van der Waals surface area contributed by atoms with Gasteiger partial charge in [0.05, 0.1) is 24.3 Å². The van der Waals surface area contributed by atoms with E-state index in [4.69, 9.17) is 0 Å². The Kier molecular flexibility index (Phi) is 5.70. The second-order valence-electron chi connectivity index (χ2n) is 7.89. The third kappa shape index (κ3) is 4.22. The van der Waals surface area contributed by atoms with Crippen molar-refractivity contribution in [2.45, 2.75) is 40.7 Å². The molecule has 1 aromatic carbocycles. The maximum absolute atomic E-state index is 12.7. The number of phenols is 1. The van der Waals surface area contributed by atoms with Crippen molar-refractivity contribution in [2.75, 3.05) is 10.6 Å². The summed E-state index contributed by atoms with van der Waals surface area (Å²) < 4.78 is 3.64. The van der Waals surface area contributed by atoms with Gasteiger partial charge in [-0.15, -0.1) is 5.10 Å². The van der Waals surface area contributed by atoms with E-state index in [9.17, 15) is 9.90 Å². The highest BCUT2D eigenvalue weighted by Gasteiger charge is 2.16. The molecule has 3 aromatic heterocycles. The average molecular weight is 452 g/mol. The molecule has 0 aliphatic heterocycles. The van der Waals surface area contributed by atoms with E-state index in [1.54, 1.807) is 29.9 Å². The Balaban J connectivity index is 1.49. The zero-order chi connectivity index (χ0) is 23.0. The smallest absolute Gasteiger partial charge is 0.267 e. The lowest BCUT2D eigenvalue weighted by Gasteiger charge is -2.11. The Bertz CT molecular complexity index is 1290. The average Bonchev–Trinajstić information content (AvgIpc) is 3.49. The van der Waals surface area contributed by atoms with Crippen molar-refractivity contribution in [3.63, 3.8) is 0 Å². The highest BCUT2D eigenvalue weighted by atomic mass is 32.1. The van der Waals surface area contributed by atoms with Crippen LogP contribution in [-0.4, -0.2) is 35.6 Å². The summed E-state index contributed by atoms with van der Waals surface area (Å²) in [5.41, 5.74) is 3.91. The first-order valence-corrected chi connectivity index (χ1v) is 11.0. The Morgan fingerprint density at radius 2 is 1.91 bits per heavy atom. The van der Waals surface area contributed by atoms with Gasteiger partial charge >= 0.3 is 0 Å². The zero-order valence-corrected chi connectivity index (χ0v) is 19.4. The third-order valence-corrected chi connectivity index (χ3v) is 6.03. The van der Waals surface area contributed by atoms with Crippen LogP contribution in [0.2, 0.25) is 0 Å². The lowest BCUT2D eigenvalue weighted by molar-refractivity contribution is 0.103. The number of aromatic hydroxyl groups is 1. The molecule has 0 radical (unpaired) electrons. The van der Waals surface area contributed by atoms with Gasteiger partial charge in [0, 0.05) is 23.4 Å². The molecule has 9 nitrogen and oxygen atoms in total. The molecule has 0 unspecified atom stereocenters. The summed E-state index contributed by atoms with van der Waals surface area (Å²) in [7, 11) is 0. The third-order valence-electron chi connectivity index (χ3n) is 5.12. The van der Waals surface area contributed by atoms with Gasteiger partial charge in [0.25, 0.3) is 5.91 Å². The fourth-order valence-electron chi connectivity index (χ4n) is 3.19. The number of thiazole rings is 1. The van der Waals surface area contributed by atoms with E-state index in [-0.39, 0.29) is 17.7 Å². The molecular weight excluding hydrogens is 426 g/mol. The molecule has 4 aromatic rings. The molecule has 1 amide bonds. The molecule has 0 saturated heterocycles. The maximum Gasteiger partial charge on any atom is 0.267 e. The normalized spacial score (nSPS) is 11.2. The molecule has 10 heteroatoms. The number of benzene rings is 1. The number of nitrogens with zero attached hydrogens (tertiary/aromatic N) is 5. The minimum Gasteiger partial charge on any atom is -0.508 e. The predicted octanol–water partition coefficient (Wildman–Crippen LogP) is 4.73. The highest BCUT2D eigenvalue weighted by molar-refractivity contribution is 7.17. The number of rotatable bonds is 6. The number of aromatic nitrogens is 5. The number of nitrogens with one attached hydrogen (secondary N) is 2. The van der Waals surface area contributed by atoms with E-state index in [2.05, 4.69) is 39.7 Å². The lowest BCUT2D eigenvalue weighted by Crippen LogP contribution is -2.12. The number of carbonyl (C=O) groups excluding carboxylic acids is 1. The molecule has 4 rings (SSSR count). The quantitative estimate of drug-likeness (QED) is 0.391. The van der Waals surface area contributed by atoms with Gasteiger partial charge in [-0.25, -0.2) is 9.67 Å². The Hall–Kier alpha value is -3.66. The van der Waals surface area contributed by atoms with Gasteiger partial charge in [0.2, 0.25) is 0 Å². The minimum atomic E-state index is -0.282. The van der Waals surface area contributed by atoms with Crippen molar-refractivity contribution in [3.8, 4) is 11.4 Å². The second kappa shape index (κ2) is 8.46. The molecule has 3 heterocycles. The van der Waals surface area contributed by atoms with Gasteiger partial charge < -0.3 is 15.7 Å². The standard InChI is InChI=1S/C22H25N7O2S/c1-12(2)28-11-16(8-24-28)29-10-14(4)20(27-29)26-22-23-9-18(32-22)21(31)25-19-13(3)6-7-17(30)15(19)5/h6-12,30H,1-5H3,(H,25,31)(H,23,26,27). The zero-order valence-electron chi connectivity index (χ0n) is 18.5. The lowest BCUT2D eigenvalue weighted by atomic mass is 10.1. The molecule has 0 spiro atoms. The van der Waals surface area contributed by atoms with Gasteiger partial charge in [-0.1, -0.05) is 17.4 Å². The van der Waals surface area contributed by atoms with Crippen LogP contribution < -0.4 is 10.6 Å². The molecule has 0 bridgehead atoms. The van der Waals surface area contributed by atoms with Gasteiger partial charge in [0.15, 0.2) is 10.9 Å². The van der Waals surface area contributed by atoms with Crippen LogP contribution in [0.25, 0.3) is 5.69 Å². The van der Waals surface area contributed by atoms with Crippen LogP contribution in [0.4, 0.5) is 16.6 Å². The van der Waals surface area contributed by atoms with Gasteiger partial charge in [-0.3, -0.25) is 9.48 Å². The van der Waals surface area contributed by atoms with Crippen molar-refractivity contribution < 1.29 is 9.90 Å². The largest absolute Gasteiger partial charge is 0.508 e. The Morgan fingerprint density at radius 3 is 2.62 bits per heavy atom.